The van der Waals surface area contributed by atoms with Gasteiger partial charge in [0.25, 0.3) is 10.0 Å². The van der Waals surface area contributed by atoms with Crippen molar-refractivity contribution in [3.8, 4) is 23.0 Å². The zero-order chi connectivity index (χ0) is 29.6. The number of sulfonamides is 1. The fraction of sp³-hybridized carbons (Fsp3) is 0.250. The summed E-state index contributed by atoms with van der Waals surface area (Å²) in [6, 6.07) is 12.7. The van der Waals surface area contributed by atoms with E-state index in [0.29, 0.717) is 5.56 Å². The molecule has 2 aromatic carbocycles. The summed E-state index contributed by atoms with van der Waals surface area (Å²) < 4.78 is 40.6. The van der Waals surface area contributed by atoms with Crippen LogP contribution >= 0.6 is 11.8 Å². The number of ether oxygens (including phenoxy) is 2. The smallest absolute Gasteiger partial charge is 0.335 e. The van der Waals surface area contributed by atoms with E-state index in [0.717, 1.165) is 10.5 Å². The number of aromatic nitrogens is 4. The number of hydrogen-bond acceptors (Lipinski definition) is 10. The van der Waals surface area contributed by atoms with Crippen LogP contribution in [0.2, 0.25) is 0 Å². The summed E-state index contributed by atoms with van der Waals surface area (Å²) >= 11 is 1.51. The fourth-order valence-corrected chi connectivity index (χ4v) is 5.01. The molecule has 0 aliphatic carbocycles. The number of nitrogens with zero attached hydrogens (tertiary/aromatic N) is 4. The highest BCUT2D eigenvalue weighted by molar-refractivity contribution is 7.98. The maximum Gasteiger partial charge on any atom is 0.335 e. The average Bonchev–Trinajstić information content (AvgIpc) is 2.95. The Morgan fingerprint density at radius 1 is 0.927 bits per heavy atom. The molecule has 0 fully saturated rings. The first-order valence-electron chi connectivity index (χ1n) is 12.4. The summed E-state index contributed by atoms with van der Waals surface area (Å²) in [6.07, 6.45) is 6.38. The number of anilines is 1. The van der Waals surface area contributed by atoms with Crippen molar-refractivity contribution in [2.45, 2.75) is 36.0 Å². The molecular formula is C28H29N5O6S2. The number of carbonyl (C=O) groups is 1. The van der Waals surface area contributed by atoms with Gasteiger partial charge in [0, 0.05) is 17.3 Å². The fourth-order valence-electron chi connectivity index (χ4n) is 3.67. The summed E-state index contributed by atoms with van der Waals surface area (Å²) in [7, 11) is -4.04. The zero-order valence-corrected chi connectivity index (χ0v) is 24.5. The Labute approximate surface area is 242 Å². The Balaban J connectivity index is 1.61. The summed E-state index contributed by atoms with van der Waals surface area (Å²) in [5.74, 6) is -1.05. The third kappa shape index (κ3) is 7.50. The molecule has 0 saturated carbocycles. The summed E-state index contributed by atoms with van der Waals surface area (Å²) in [6.45, 7) is 6.24. The van der Waals surface area contributed by atoms with Crippen molar-refractivity contribution < 1.29 is 27.8 Å². The highest BCUT2D eigenvalue weighted by atomic mass is 32.2. The highest BCUT2D eigenvalue weighted by Gasteiger charge is 2.23. The summed E-state index contributed by atoms with van der Waals surface area (Å²) in [5.41, 5.74) is 1.59. The van der Waals surface area contributed by atoms with Crippen molar-refractivity contribution in [2.75, 3.05) is 24.2 Å². The molecule has 11 nitrogen and oxygen atoms in total. The lowest BCUT2D eigenvalue weighted by Crippen LogP contribution is -2.17. The van der Waals surface area contributed by atoms with Crippen LogP contribution in [0.1, 0.15) is 36.7 Å². The number of hydrogen-bond donors (Lipinski definition) is 2. The molecule has 2 aromatic heterocycles. The zero-order valence-electron chi connectivity index (χ0n) is 22.9. The molecule has 0 saturated heterocycles. The number of nitrogens with one attached hydrogen (secondary N) is 1. The SMILES string of the molecule is CSc1cnc(OCCOc2ncnc(NS(=O)(=O)c3ccc(C(C)(C)C)cc3)c2-c2ccc(C(=O)O)cc2)nc1. The predicted molar refractivity (Wildman–Crippen MR) is 155 cm³/mol. The van der Waals surface area contributed by atoms with Gasteiger partial charge < -0.3 is 14.6 Å². The molecule has 0 amide bonds. The van der Waals surface area contributed by atoms with Crippen molar-refractivity contribution in [2.24, 2.45) is 0 Å². The molecule has 0 aliphatic rings. The minimum atomic E-state index is -4.04. The van der Waals surface area contributed by atoms with Crippen molar-refractivity contribution >= 4 is 33.6 Å². The number of carboxylic acids is 1. The molecule has 0 unspecified atom stereocenters. The van der Waals surface area contributed by atoms with Crippen molar-refractivity contribution in [3.63, 3.8) is 0 Å². The summed E-state index contributed by atoms with van der Waals surface area (Å²) in [5, 5.41) is 9.30. The van der Waals surface area contributed by atoms with E-state index in [2.05, 4.69) is 24.7 Å². The lowest BCUT2D eigenvalue weighted by Gasteiger charge is -2.19. The Hall–Kier alpha value is -4.23. The van der Waals surface area contributed by atoms with Crippen LogP contribution in [0.15, 0.2) is 77.0 Å². The van der Waals surface area contributed by atoms with Gasteiger partial charge in [0.1, 0.15) is 19.5 Å². The first kappa shape index (κ1) is 29.7. The minimum Gasteiger partial charge on any atom is -0.478 e. The van der Waals surface area contributed by atoms with E-state index < -0.39 is 16.0 Å². The molecule has 4 rings (SSSR count). The predicted octanol–water partition coefficient (Wildman–Crippen LogP) is 4.91. The number of benzene rings is 2. The first-order chi connectivity index (χ1) is 19.5. The van der Waals surface area contributed by atoms with Crippen LogP contribution in [0.5, 0.6) is 11.9 Å². The van der Waals surface area contributed by atoms with Crippen LogP contribution in [0.4, 0.5) is 5.82 Å². The molecule has 13 heteroatoms. The van der Waals surface area contributed by atoms with Gasteiger partial charge in [0.05, 0.1) is 16.0 Å². The second-order valence-corrected chi connectivity index (χ2v) is 12.3. The van der Waals surface area contributed by atoms with E-state index in [9.17, 15) is 18.3 Å². The molecule has 214 valence electrons. The maximum atomic E-state index is 13.3. The van der Waals surface area contributed by atoms with E-state index in [1.54, 1.807) is 24.5 Å². The van der Waals surface area contributed by atoms with Crippen molar-refractivity contribution in [1.82, 2.24) is 19.9 Å². The Bertz CT molecular complexity index is 1610. The molecule has 2 N–H and O–H groups in total. The van der Waals surface area contributed by atoms with Crippen LogP contribution in [-0.4, -0.2) is 58.9 Å². The van der Waals surface area contributed by atoms with Gasteiger partial charge in [-0.25, -0.2) is 33.1 Å². The first-order valence-corrected chi connectivity index (χ1v) is 15.1. The second-order valence-electron chi connectivity index (χ2n) is 9.77. The number of aromatic carboxylic acids is 1. The van der Waals surface area contributed by atoms with Gasteiger partial charge in [-0.05, 0) is 47.1 Å². The van der Waals surface area contributed by atoms with Crippen molar-refractivity contribution in [1.29, 1.82) is 0 Å². The van der Waals surface area contributed by atoms with Crippen LogP contribution in [0.25, 0.3) is 11.1 Å². The van der Waals surface area contributed by atoms with E-state index in [1.165, 1.54) is 54.5 Å². The van der Waals surface area contributed by atoms with Gasteiger partial charge >= 0.3 is 12.0 Å². The molecule has 2 heterocycles. The molecular weight excluding hydrogens is 566 g/mol. The van der Waals surface area contributed by atoms with Gasteiger partial charge in [-0.15, -0.1) is 11.8 Å². The van der Waals surface area contributed by atoms with Gasteiger partial charge in [-0.1, -0.05) is 45.0 Å². The maximum absolute atomic E-state index is 13.3. The van der Waals surface area contributed by atoms with E-state index in [4.69, 9.17) is 9.47 Å². The second kappa shape index (κ2) is 12.5. The largest absolute Gasteiger partial charge is 0.478 e. The van der Waals surface area contributed by atoms with Gasteiger partial charge in [-0.2, -0.15) is 0 Å². The lowest BCUT2D eigenvalue weighted by molar-refractivity contribution is 0.0697. The number of thioether (sulfide) groups is 1. The third-order valence-corrected chi connectivity index (χ3v) is 7.93. The number of rotatable bonds is 11. The van der Waals surface area contributed by atoms with Crippen LogP contribution in [0, 0.1) is 0 Å². The van der Waals surface area contributed by atoms with Gasteiger partial charge in [0.2, 0.25) is 5.88 Å². The molecule has 0 bridgehead atoms. The topological polar surface area (TPSA) is 153 Å². The van der Waals surface area contributed by atoms with E-state index in [-0.39, 0.29) is 52.4 Å². The normalized spacial score (nSPS) is 11.6. The lowest BCUT2D eigenvalue weighted by atomic mass is 9.87. The highest BCUT2D eigenvalue weighted by Crippen LogP contribution is 2.35. The molecule has 0 spiro atoms. The Morgan fingerprint density at radius 2 is 1.56 bits per heavy atom. The Kier molecular flexibility index (Phi) is 9.08. The molecule has 41 heavy (non-hydrogen) atoms. The van der Waals surface area contributed by atoms with Crippen LogP contribution < -0.4 is 14.2 Å². The monoisotopic (exact) mass is 595 g/mol. The average molecular weight is 596 g/mol. The molecule has 0 aliphatic heterocycles. The third-order valence-electron chi connectivity index (χ3n) is 5.89. The van der Waals surface area contributed by atoms with Crippen LogP contribution in [-0.2, 0) is 15.4 Å². The van der Waals surface area contributed by atoms with Crippen molar-refractivity contribution in [3.05, 3.63) is 78.4 Å². The quantitative estimate of drug-likeness (QED) is 0.180. The molecule has 4 aromatic rings. The van der Waals surface area contributed by atoms with E-state index >= 15 is 0 Å². The van der Waals surface area contributed by atoms with Gasteiger partial charge in [-0.3, -0.25) is 4.72 Å². The minimum absolute atomic E-state index is 0.0325. The summed E-state index contributed by atoms with van der Waals surface area (Å²) in [4.78, 5) is 29.0. The standard InChI is InChI=1S/C28H29N5O6S2/c1-28(2,3)20-9-11-22(12-10-20)41(36,37)33-24-23(18-5-7-19(8-6-18)26(34)35)25(32-17-31-24)38-13-14-39-27-29-15-21(40-4)16-30-27/h5-12,15-17H,13-14H2,1-4H3,(H,34,35)(H,31,32,33). The molecule has 0 atom stereocenters. The van der Waals surface area contributed by atoms with Gasteiger partial charge in [0.15, 0.2) is 5.82 Å². The molecule has 0 radical (unpaired) electrons. The number of carboxylic acid groups (broad SMARTS) is 1. The van der Waals surface area contributed by atoms with Crippen LogP contribution in [0.3, 0.4) is 0 Å². The van der Waals surface area contributed by atoms with E-state index in [1.807, 2.05) is 27.0 Å². The Morgan fingerprint density at radius 3 is 2.15 bits per heavy atom.